The third kappa shape index (κ3) is 4.52. The van der Waals surface area contributed by atoms with Crippen LogP contribution >= 0.6 is 0 Å². The average Bonchev–Trinajstić information content (AvgIpc) is 2.08. The number of hydrogen-bond donors (Lipinski definition) is 0. The third-order valence-corrected chi connectivity index (χ3v) is 1.73. The summed E-state index contributed by atoms with van der Waals surface area (Å²) in [5, 5.41) is 0. The molecule has 0 aliphatic rings. The molecule has 2 nitrogen and oxygen atoms in total. The summed E-state index contributed by atoms with van der Waals surface area (Å²) < 4.78 is 4.56. The first kappa shape index (κ1) is 13.3. The third-order valence-electron chi connectivity index (χ3n) is 1.73. The second-order valence-electron chi connectivity index (χ2n) is 3.43. The molecule has 0 heterocycles. The Hall–Kier alpha value is -0.687. The maximum absolute atomic E-state index is 9.89. The molecule has 3 heteroatoms. The van der Waals surface area contributed by atoms with Gasteiger partial charge in [-0.15, -0.1) is 12.1 Å². The van der Waals surface area contributed by atoms with Crippen molar-refractivity contribution in [3.05, 3.63) is 29.8 Å². The van der Waals surface area contributed by atoms with E-state index in [2.05, 4.69) is 18.6 Å². The van der Waals surface area contributed by atoms with Crippen LogP contribution in [0.15, 0.2) is 24.3 Å². The molecule has 0 saturated carbocycles. The summed E-state index contributed by atoms with van der Waals surface area (Å²) in [4.78, 5) is 9.89. The van der Waals surface area contributed by atoms with Crippen molar-refractivity contribution in [2.75, 3.05) is 0 Å². The molecule has 1 radical (unpaired) electrons. The molecule has 0 bridgehead atoms. The fraction of sp³-hybridized carbons (Fsp3) is 0.364. The Bertz CT molecular complexity index is 267. The van der Waals surface area contributed by atoms with Crippen LogP contribution in [0.25, 0.3) is 0 Å². The number of ether oxygens (including phenoxy) is 1. The molecule has 0 spiro atoms. The number of rotatable bonds is 4. The Morgan fingerprint density at radius 3 is 2.29 bits per heavy atom. The summed E-state index contributed by atoms with van der Waals surface area (Å²) in [6.45, 7) is 5.73. The second-order valence-corrected chi connectivity index (χ2v) is 3.43. The van der Waals surface area contributed by atoms with Gasteiger partial charge in [0, 0.05) is 0 Å². The predicted molar refractivity (Wildman–Crippen MR) is 51.3 cm³/mol. The predicted octanol–water partition coefficient (Wildman–Crippen LogP) is 2.33. The Morgan fingerprint density at radius 1 is 1.29 bits per heavy atom. The van der Waals surface area contributed by atoms with Crippen LogP contribution in [0.5, 0.6) is 5.75 Å². The maximum atomic E-state index is 9.89. The summed E-state index contributed by atoms with van der Waals surface area (Å²) in [5.74, 6) is 1.19. The van der Waals surface area contributed by atoms with E-state index in [9.17, 15) is 4.79 Å². The van der Waals surface area contributed by atoms with Gasteiger partial charge in [-0.1, -0.05) is 31.5 Å². The van der Waals surface area contributed by atoms with Crippen molar-refractivity contribution in [3.63, 3.8) is 0 Å². The van der Waals surface area contributed by atoms with Gasteiger partial charge in [0.1, 0.15) is 0 Å². The van der Waals surface area contributed by atoms with Gasteiger partial charge in [-0.05, 0) is 18.1 Å². The van der Waals surface area contributed by atoms with Gasteiger partial charge < -0.3 is 9.53 Å². The molecular weight excluding hydrogens is 265 g/mol. The first-order chi connectivity index (χ1) is 6.22. The van der Waals surface area contributed by atoms with Crippen molar-refractivity contribution in [1.29, 1.82) is 0 Å². The minimum absolute atomic E-state index is 0. The van der Waals surface area contributed by atoms with Gasteiger partial charge in [0.2, 0.25) is 0 Å². The van der Waals surface area contributed by atoms with E-state index in [-0.39, 0.29) is 19.5 Å². The van der Waals surface area contributed by atoms with Gasteiger partial charge in [-0.25, -0.2) is 0 Å². The van der Waals surface area contributed by atoms with Crippen molar-refractivity contribution >= 4 is 6.47 Å². The Balaban J connectivity index is 0.00000169. The van der Waals surface area contributed by atoms with Gasteiger partial charge in [0.05, 0.1) is 0 Å². The van der Waals surface area contributed by atoms with Crippen LogP contribution in [0.2, 0.25) is 0 Å². The standard InChI is InChI=1S/C11H13O2.Ru/c1-9(2)7-10-3-5-11(6-4-10)13-8-12;/h3-6,9H,7H2,1-2H3;/q-1;+1. The number of benzene rings is 1. The molecule has 0 fully saturated rings. The molecule has 0 aliphatic heterocycles. The van der Waals surface area contributed by atoms with Crippen LogP contribution in [0.4, 0.5) is 0 Å². The van der Waals surface area contributed by atoms with E-state index in [1.165, 1.54) is 12.0 Å². The molecule has 0 aliphatic carbocycles. The van der Waals surface area contributed by atoms with Crippen molar-refractivity contribution in [2.45, 2.75) is 20.3 Å². The van der Waals surface area contributed by atoms with Crippen molar-refractivity contribution in [3.8, 4) is 5.75 Å². The van der Waals surface area contributed by atoms with Crippen LogP contribution in [-0.4, -0.2) is 6.47 Å². The summed E-state index contributed by atoms with van der Waals surface area (Å²) in [7, 11) is 0. The molecule has 1 aromatic carbocycles. The Morgan fingerprint density at radius 2 is 1.86 bits per heavy atom. The average molecular weight is 278 g/mol. The summed E-state index contributed by atoms with van der Waals surface area (Å²) in [5.41, 5.74) is 1.26. The van der Waals surface area contributed by atoms with Crippen LogP contribution < -0.4 is 4.74 Å². The zero-order valence-electron chi connectivity index (χ0n) is 8.26. The monoisotopic (exact) mass is 279 g/mol. The summed E-state index contributed by atoms with van der Waals surface area (Å²) >= 11 is 0. The van der Waals surface area contributed by atoms with Gasteiger partial charge in [-0.2, -0.15) is 0 Å². The van der Waals surface area contributed by atoms with Crippen molar-refractivity contribution < 1.29 is 29.0 Å². The van der Waals surface area contributed by atoms with Crippen LogP contribution in [0.1, 0.15) is 19.4 Å². The largest absolute Gasteiger partial charge is 1.00 e. The van der Waals surface area contributed by atoms with E-state index >= 15 is 0 Å². The molecule has 0 amide bonds. The van der Waals surface area contributed by atoms with E-state index < -0.39 is 0 Å². The summed E-state index contributed by atoms with van der Waals surface area (Å²) in [6.07, 6.45) is 1.05. The zero-order valence-corrected chi connectivity index (χ0v) is 10.0. The van der Waals surface area contributed by atoms with Crippen LogP contribution in [-0.2, 0) is 30.7 Å². The van der Waals surface area contributed by atoms with E-state index in [1.807, 2.05) is 12.1 Å². The normalized spacial score (nSPS) is 9.36. The molecule has 14 heavy (non-hydrogen) atoms. The zero-order chi connectivity index (χ0) is 9.68. The van der Waals surface area contributed by atoms with Gasteiger partial charge >= 0.3 is 19.5 Å². The number of carbonyl (C=O) groups excluding carboxylic acids is 1. The minimum Gasteiger partial charge on any atom is -0.610 e. The smallest absolute Gasteiger partial charge is 0.610 e. The second kappa shape index (κ2) is 6.72. The van der Waals surface area contributed by atoms with Gasteiger partial charge in [0.25, 0.3) is 0 Å². The van der Waals surface area contributed by atoms with Crippen molar-refractivity contribution in [2.24, 2.45) is 5.92 Å². The van der Waals surface area contributed by atoms with Crippen LogP contribution in [0.3, 0.4) is 0 Å². The maximum Gasteiger partial charge on any atom is 1.00 e. The van der Waals surface area contributed by atoms with E-state index in [0.717, 1.165) is 6.42 Å². The molecule has 0 saturated heterocycles. The fourth-order valence-corrected chi connectivity index (χ4v) is 1.21. The first-order valence-corrected chi connectivity index (χ1v) is 4.35. The molecular formula is C11H13O2Ru. The minimum atomic E-state index is 0. The molecule has 0 unspecified atom stereocenters. The molecule has 0 aromatic heterocycles. The Kier molecular flexibility index (Phi) is 6.39. The van der Waals surface area contributed by atoms with Crippen LogP contribution in [0, 0.1) is 5.92 Å². The topological polar surface area (TPSA) is 26.3 Å². The molecule has 0 atom stereocenters. The quantitative estimate of drug-likeness (QED) is 0.624. The summed E-state index contributed by atoms with van der Waals surface area (Å²) in [6, 6.07) is 7.49. The molecule has 0 N–H and O–H groups in total. The van der Waals surface area contributed by atoms with E-state index in [4.69, 9.17) is 0 Å². The SMILES string of the molecule is CC(C)Cc1ccc(O[C-]=O)cc1.[Ru+]. The molecule has 1 aromatic rings. The van der Waals surface area contributed by atoms with E-state index in [1.54, 1.807) is 12.1 Å². The molecule has 1 rings (SSSR count). The first-order valence-electron chi connectivity index (χ1n) is 4.35. The van der Waals surface area contributed by atoms with Gasteiger partial charge in [0.15, 0.2) is 6.47 Å². The fourth-order valence-electron chi connectivity index (χ4n) is 1.21. The van der Waals surface area contributed by atoms with E-state index in [0.29, 0.717) is 11.7 Å². The van der Waals surface area contributed by atoms with Gasteiger partial charge in [-0.3, -0.25) is 0 Å². The Labute approximate surface area is 97.4 Å². The molecule has 77 valence electrons. The number of hydrogen-bond acceptors (Lipinski definition) is 2. The van der Waals surface area contributed by atoms with Crippen molar-refractivity contribution in [1.82, 2.24) is 0 Å².